The zero-order valence-electron chi connectivity index (χ0n) is 12.7. The van der Waals surface area contributed by atoms with Crippen LogP contribution in [0.15, 0.2) is 16.6 Å². The summed E-state index contributed by atoms with van der Waals surface area (Å²) in [4.78, 5) is 0. The molecule has 0 atom stereocenters. The van der Waals surface area contributed by atoms with Crippen LogP contribution >= 0.6 is 15.9 Å². The quantitative estimate of drug-likeness (QED) is 0.761. The molecule has 1 aromatic rings. The highest BCUT2D eigenvalue weighted by Crippen LogP contribution is 2.43. The molecule has 1 aliphatic carbocycles. The van der Waals surface area contributed by atoms with Gasteiger partial charge >= 0.3 is 0 Å². The van der Waals surface area contributed by atoms with Gasteiger partial charge in [0, 0.05) is 6.54 Å². The second-order valence-corrected chi connectivity index (χ2v) is 7.35. The fourth-order valence-corrected chi connectivity index (χ4v) is 3.93. The predicted octanol–water partition coefficient (Wildman–Crippen LogP) is 5.48. The molecule has 0 spiro atoms. The average Bonchev–Trinajstić information content (AvgIpc) is 2.88. The van der Waals surface area contributed by atoms with E-state index in [0.29, 0.717) is 22.6 Å². The van der Waals surface area contributed by atoms with E-state index in [9.17, 15) is 4.39 Å². The van der Waals surface area contributed by atoms with Crippen LogP contribution in [0.3, 0.4) is 0 Å². The summed E-state index contributed by atoms with van der Waals surface area (Å²) in [5.41, 5.74) is 1.10. The third-order valence-corrected chi connectivity index (χ3v) is 5.14. The molecule has 0 aliphatic heterocycles. The number of nitriles is 1. The van der Waals surface area contributed by atoms with Crippen LogP contribution in [0.1, 0.15) is 51.5 Å². The Hall–Kier alpha value is -1.08. The summed E-state index contributed by atoms with van der Waals surface area (Å²) in [5.74, 6) is 0.286. The molecule has 2 nitrogen and oxygen atoms in total. The van der Waals surface area contributed by atoms with Crippen LogP contribution in [0.5, 0.6) is 0 Å². The van der Waals surface area contributed by atoms with E-state index >= 15 is 0 Å². The lowest BCUT2D eigenvalue weighted by Crippen LogP contribution is -2.28. The van der Waals surface area contributed by atoms with E-state index in [1.54, 1.807) is 12.1 Å². The van der Waals surface area contributed by atoms with Crippen molar-refractivity contribution in [1.29, 1.82) is 5.26 Å². The van der Waals surface area contributed by atoms with Gasteiger partial charge in [-0.3, -0.25) is 0 Å². The number of hydrogen-bond acceptors (Lipinski definition) is 2. The summed E-state index contributed by atoms with van der Waals surface area (Å²) in [5, 5.41) is 12.2. The number of nitrogens with zero attached hydrogens (tertiary/aromatic N) is 1. The molecule has 1 aromatic carbocycles. The Kier molecular flexibility index (Phi) is 5.27. The van der Waals surface area contributed by atoms with Crippen molar-refractivity contribution in [2.24, 2.45) is 11.3 Å². The first-order chi connectivity index (χ1) is 9.97. The van der Waals surface area contributed by atoms with Gasteiger partial charge in [0.25, 0.3) is 0 Å². The summed E-state index contributed by atoms with van der Waals surface area (Å²) < 4.78 is 14.5. The zero-order chi connectivity index (χ0) is 15.5. The monoisotopic (exact) mass is 352 g/mol. The molecule has 0 saturated heterocycles. The summed E-state index contributed by atoms with van der Waals surface area (Å²) >= 11 is 3.16. The lowest BCUT2D eigenvalue weighted by molar-refractivity contribution is 0.252. The van der Waals surface area contributed by atoms with Crippen LogP contribution in [0.4, 0.5) is 10.1 Å². The number of rotatable bonds is 5. The van der Waals surface area contributed by atoms with Gasteiger partial charge in [-0.2, -0.15) is 5.26 Å². The predicted molar refractivity (Wildman–Crippen MR) is 87.7 cm³/mol. The molecule has 114 valence electrons. The third-order valence-electron chi connectivity index (χ3n) is 4.36. The fourth-order valence-electron chi connectivity index (χ4n) is 3.50. The molecule has 1 fully saturated rings. The molecule has 0 heterocycles. The topological polar surface area (TPSA) is 35.8 Å². The minimum absolute atomic E-state index is 0.249. The maximum atomic E-state index is 14.2. The first-order valence-corrected chi connectivity index (χ1v) is 8.39. The summed E-state index contributed by atoms with van der Waals surface area (Å²) in [6, 6.07) is 5.29. The van der Waals surface area contributed by atoms with E-state index in [0.717, 1.165) is 6.54 Å². The Morgan fingerprint density at radius 3 is 2.62 bits per heavy atom. The summed E-state index contributed by atoms with van der Waals surface area (Å²) in [6.45, 7) is 5.30. The Balaban J connectivity index is 2.12. The highest BCUT2D eigenvalue weighted by Gasteiger charge is 2.34. The smallest absolute Gasteiger partial charge is 0.161 e. The summed E-state index contributed by atoms with van der Waals surface area (Å²) in [7, 11) is 0. The first kappa shape index (κ1) is 16.3. The van der Waals surface area contributed by atoms with Crippen molar-refractivity contribution in [3.63, 3.8) is 0 Å². The van der Waals surface area contributed by atoms with E-state index in [1.165, 1.54) is 32.1 Å². The summed E-state index contributed by atoms with van der Waals surface area (Å²) in [6.07, 6.45) is 6.16. The molecule has 2 rings (SSSR count). The normalized spacial score (nSPS) is 17.0. The number of hydrogen-bond donors (Lipinski definition) is 1. The van der Waals surface area contributed by atoms with E-state index in [4.69, 9.17) is 5.26 Å². The number of nitrogens with one attached hydrogen (secondary N) is 1. The Labute approximate surface area is 134 Å². The van der Waals surface area contributed by atoms with Gasteiger partial charge in [0.1, 0.15) is 6.07 Å². The Morgan fingerprint density at radius 1 is 1.38 bits per heavy atom. The lowest BCUT2D eigenvalue weighted by Gasteiger charge is -2.31. The van der Waals surface area contributed by atoms with Crippen molar-refractivity contribution in [2.45, 2.75) is 46.0 Å². The molecule has 0 unspecified atom stereocenters. The largest absolute Gasteiger partial charge is 0.382 e. The zero-order valence-corrected chi connectivity index (χ0v) is 14.3. The van der Waals surface area contributed by atoms with Gasteiger partial charge in [0.2, 0.25) is 0 Å². The second kappa shape index (κ2) is 6.79. The van der Waals surface area contributed by atoms with Crippen LogP contribution in [0, 0.1) is 28.5 Å². The Morgan fingerprint density at radius 2 is 2.05 bits per heavy atom. The Bertz CT molecular complexity index is 542. The van der Waals surface area contributed by atoms with Gasteiger partial charge in [-0.05, 0) is 58.7 Å². The molecular weight excluding hydrogens is 331 g/mol. The maximum Gasteiger partial charge on any atom is 0.161 e. The number of anilines is 1. The van der Waals surface area contributed by atoms with Crippen LogP contribution in [0.25, 0.3) is 0 Å². The van der Waals surface area contributed by atoms with Gasteiger partial charge in [-0.15, -0.1) is 0 Å². The molecule has 0 aromatic heterocycles. The maximum absolute atomic E-state index is 14.2. The van der Waals surface area contributed by atoms with Crippen molar-refractivity contribution < 1.29 is 4.39 Å². The van der Waals surface area contributed by atoms with E-state index in [1.807, 2.05) is 6.07 Å². The van der Waals surface area contributed by atoms with Gasteiger partial charge in [-0.25, -0.2) is 4.39 Å². The van der Waals surface area contributed by atoms with E-state index in [2.05, 4.69) is 35.1 Å². The fraction of sp³-hybridized carbons (Fsp3) is 0.588. The second-order valence-electron chi connectivity index (χ2n) is 6.56. The van der Waals surface area contributed by atoms with Crippen molar-refractivity contribution in [3.8, 4) is 6.07 Å². The molecule has 21 heavy (non-hydrogen) atoms. The highest BCUT2D eigenvalue weighted by molar-refractivity contribution is 9.10. The first-order valence-electron chi connectivity index (χ1n) is 7.59. The molecule has 4 heteroatoms. The van der Waals surface area contributed by atoms with E-state index < -0.39 is 0 Å². The molecule has 0 amide bonds. The van der Waals surface area contributed by atoms with Crippen molar-refractivity contribution in [1.82, 2.24) is 0 Å². The minimum atomic E-state index is -0.369. The molecular formula is C17H22BrFN2. The SMILES string of the molecule is CC(C)CC1(CNc2ccc(C#N)c(Br)c2F)CCCC1. The standard InChI is InChI=1S/C17H22BrFN2/c1-12(2)9-17(7-3-4-8-17)11-21-14-6-5-13(10-20)15(18)16(14)19/h5-6,12,21H,3-4,7-9,11H2,1-2H3. The van der Waals surface area contributed by atoms with Crippen LogP contribution in [-0.4, -0.2) is 6.54 Å². The lowest BCUT2D eigenvalue weighted by atomic mass is 9.78. The van der Waals surface area contributed by atoms with Gasteiger partial charge in [0.15, 0.2) is 5.82 Å². The molecule has 1 saturated carbocycles. The van der Waals surface area contributed by atoms with Crippen LogP contribution in [-0.2, 0) is 0 Å². The van der Waals surface area contributed by atoms with Gasteiger partial charge in [0.05, 0.1) is 15.7 Å². The average molecular weight is 353 g/mol. The van der Waals surface area contributed by atoms with Crippen LogP contribution < -0.4 is 5.32 Å². The third kappa shape index (κ3) is 3.77. The number of benzene rings is 1. The van der Waals surface area contributed by atoms with Crippen molar-refractivity contribution in [3.05, 3.63) is 28.0 Å². The molecule has 0 radical (unpaired) electrons. The minimum Gasteiger partial charge on any atom is -0.382 e. The highest BCUT2D eigenvalue weighted by atomic mass is 79.9. The van der Waals surface area contributed by atoms with E-state index in [-0.39, 0.29) is 10.3 Å². The molecule has 1 N–H and O–H groups in total. The molecule has 0 bridgehead atoms. The van der Waals surface area contributed by atoms with Gasteiger partial charge in [-0.1, -0.05) is 26.7 Å². The van der Waals surface area contributed by atoms with Crippen molar-refractivity contribution >= 4 is 21.6 Å². The van der Waals surface area contributed by atoms with Gasteiger partial charge < -0.3 is 5.32 Å². The van der Waals surface area contributed by atoms with Crippen LogP contribution in [0.2, 0.25) is 0 Å². The molecule has 1 aliphatic rings. The number of halogens is 2. The van der Waals surface area contributed by atoms with Crippen molar-refractivity contribution in [2.75, 3.05) is 11.9 Å².